The minimum Gasteiger partial charge on any atom is -0.324 e. The number of nitrogens with one attached hydrogen (secondary N) is 1. The highest BCUT2D eigenvalue weighted by atomic mass is 16.2. The Balaban J connectivity index is 1.57. The number of anilines is 1. The Morgan fingerprint density at radius 2 is 1.37 bits per heavy atom. The maximum absolute atomic E-state index is 13.7. The van der Waals surface area contributed by atoms with Crippen molar-refractivity contribution in [3.63, 3.8) is 0 Å². The molecule has 0 radical (unpaired) electrons. The first kappa shape index (κ1) is 22.6. The molecule has 0 saturated heterocycles. The van der Waals surface area contributed by atoms with Crippen LogP contribution in [0.15, 0.2) is 97.1 Å². The fourth-order valence-electron chi connectivity index (χ4n) is 4.71. The average molecular weight is 460 g/mol. The molecule has 0 aliphatic heterocycles. The number of benzene rings is 4. The van der Waals surface area contributed by atoms with Crippen molar-refractivity contribution < 1.29 is 4.79 Å². The molecule has 1 amide bonds. The van der Waals surface area contributed by atoms with Crippen LogP contribution < -0.4 is 5.32 Å². The van der Waals surface area contributed by atoms with Crippen molar-refractivity contribution in [2.45, 2.75) is 33.2 Å². The zero-order valence-electron chi connectivity index (χ0n) is 20.3. The number of aryl methyl sites for hydroxylation is 2. The van der Waals surface area contributed by atoms with Gasteiger partial charge in [-0.05, 0) is 54.7 Å². The van der Waals surface area contributed by atoms with E-state index < -0.39 is 6.04 Å². The lowest BCUT2D eigenvalue weighted by Gasteiger charge is -2.21. The van der Waals surface area contributed by atoms with Gasteiger partial charge < -0.3 is 9.88 Å². The van der Waals surface area contributed by atoms with Crippen LogP contribution in [-0.2, 0) is 4.79 Å². The summed E-state index contributed by atoms with van der Waals surface area (Å²) in [6.45, 7) is 6.10. The van der Waals surface area contributed by atoms with Gasteiger partial charge in [0.2, 0.25) is 5.91 Å². The van der Waals surface area contributed by atoms with E-state index in [1.54, 1.807) is 0 Å². The smallest absolute Gasteiger partial charge is 0.247 e. The standard InChI is InChI=1S/C31H29N3O/c1-4-27(31(35)33-29-21(2)11-10-12-22(29)3)34-28-16-9-8-15-26(28)32-30(34)25-19-17-24(18-20-25)23-13-6-5-7-14-23/h5-20,27H,4H2,1-3H3,(H,33,35). The molecule has 1 aromatic heterocycles. The Hall–Kier alpha value is -4.18. The molecule has 1 N–H and O–H groups in total. The van der Waals surface area contributed by atoms with Gasteiger partial charge in [-0.15, -0.1) is 0 Å². The zero-order chi connectivity index (χ0) is 24.4. The van der Waals surface area contributed by atoms with Gasteiger partial charge in [-0.2, -0.15) is 0 Å². The normalized spacial score (nSPS) is 12.0. The highest BCUT2D eigenvalue weighted by molar-refractivity contribution is 5.97. The number of nitrogens with zero attached hydrogens (tertiary/aromatic N) is 2. The summed E-state index contributed by atoms with van der Waals surface area (Å²) in [5.41, 5.74) is 8.14. The summed E-state index contributed by atoms with van der Waals surface area (Å²) in [4.78, 5) is 18.6. The van der Waals surface area contributed by atoms with E-state index in [2.05, 4.69) is 46.3 Å². The maximum Gasteiger partial charge on any atom is 0.247 e. The molecule has 0 aliphatic rings. The number of amides is 1. The predicted molar refractivity (Wildman–Crippen MR) is 144 cm³/mol. The lowest BCUT2D eigenvalue weighted by Crippen LogP contribution is -2.26. The first-order valence-electron chi connectivity index (χ1n) is 12.1. The lowest BCUT2D eigenvalue weighted by molar-refractivity contribution is -0.119. The number of imidazole rings is 1. The fraction of sp³-hybridized carbons (Fsp3) is 0.161. The predicted octanol–water partition coefficient (Wildman–Crippen LogP) is 7.58. The van der Waals surface area contributed by atoms with Crippen molar-refractivity contribution in [2.75, 3.05) is 5.32 Å². The second-order valence-corrected chi connectivity index (χ2v) is 8.92. The monoisotopic (exact) mass is 459 g/mol. The molecule has 0 saturated carbocycles. The molecule has 1 atom stereocenters. The van der Waals surface area contributed by atoms with Crippen molar-refractivity contribution in [3.8, 4) is 22.5 Å². The Morgan fingerprint density at radius 3 is 2.06 bits per heavy atom. The molecule has 174 valence electrons. The summed E-state index contributed by atoms with van der Waals surface area (Å²) >= 11 is 0. The highest BCUT2D eigenvalue weighted by Gasteiger charge is 2.25. The second-order valence-electron chi connectivity index (χ2n) is 8.92. The van der Waals surface area contributed by atoms with E-state index in [1.165, 1.54) is 5.56 Å². The molecular formula is C31H29N3O. The van der Waals surface area contributed by atoms with Crippen LogP contribution in [0.1, 0.15) is 30.5 Å². The van der Waals surface area contributed by atoms with Gasteiger partial charge in [-0.3, -0.25) is 4.79 Å². The van der Waals surface area contributed by atoms with Gasteiger partial charge in [0.1, 0.15) is 11.9 Å². The molecule has 0 fully saturated rings. The van der Waals surface area contributed by atoms with Crippen molar-refractivity contribution in [3.05, 3.63) is 108 Å². The van der Waals surface area contributed by atoms with Crippen LogP contribution in [0.25, 0.3) is 33.5 Å². The number of fused-ring (bicyclic) bond motifs is 1. The van der Waals surface area contributed by atoms with Crippen LogP contribution in [0.4, 0.5) is 5.69 Å². The maximum atomic E-state index is 13.7. The summed E-state index contributed by atoms with van der Waals surface area (Å²) in [7, 11) is 0. The third-order valence-corrected chi connectivity index (χ3v) is 6.58. The molecule has 0 bridgehead atoms. The number of hydrogen-bond donors (Lipinski definition) is 1. The van der Waals surface area contributed by atoms with Crippen LogP contribution in [0, 0.1) is 13.8 Å². The molecule has 1 unspecified atom stereocenters. The minimum atomic E-state index is -0.398. The summed E-state index contributed by atoms with van der Waals surface area (Å²) in [6.07, 6.45) is 0.645. The van der Waals surface area contributed by atoms with E-state index >= 15 is 0 Å². The Kier molecular flexibility index (Phi) is 6.19. The van der Waals surface area contributed by atoms with E-state index in [0.29, 0.717) is 6.42 Å². The largest absolute Gasteiger partial charge is 0.324 e. The summed E-state index contributed by atoms with van der Waals surface area (Å²) in [5, 5.41) is 3.20. The third kappa shape index (κ3) is 4.35. The quantitative estimate of drug-likeness (QED) is 0.284. The molecular weight excluding hydrogens is 430 g/mol. The van der Waals surface area contributed by atoms with Crippen molar-refractivity contribution in [2.24, 2.45) is 0 Å². The van der Waals surface area contributed by atoms with Gasteiger partial charge in [0.25, 0.3) is 0 Å². The van der Waals surface area contributed by atoms with Crippen LogP contribution in [-0.4, -0.2) is 15.5 Å². The van der Waals surface area contributed by atoms with Gasteiger partial charge in [0.15, 0.2) is 0 Å². The molecule has 4 heteroatoms. The molecule has 4 nitrogen and oxygen atoms in total. The topological polar surface area (TPSA) is 46.9 Å². The first-order valence-corrected chi connectivity index (χ1v) is 12.1. The first-order chi connectivity index (χ1) is 17.1. The number of carbonyl (C=O) groups excluding carboxylic acids is 1. The number of aromatic nitrogens is 2. The van der Waals surface area contributed by atoms with E-state index in [-0.39, 0.29) is 5.91 Å². The lowest BCUT2D eigenvalue weighted by atomic mass is 10.0. The summed E-state index contributed by atoms with van der Waals surface area (Å²) in [6, 6.07) is 32.4. The van der Waals surface area contributed by atoms with E-state index in [9.17, 15) is 4.79 Å². The van der Waals surface area contributed by atoms with Gasteiger partial charge in [0.05, 0.1) is 11.0 Å². The van der Waals surface area contributed by atoms with E-state index in [0.717, 1.165) is 44.8 Å². The Labute approximate surface area is 206 Å². The molecule has 1 heterocycles. The third-order valence-electron chi connectivity index (χ3n) is 6.58. The molecule has 5 rings (SSSR count). The number of hydrogen-bond acceptors (Lipinski definition) is 2. The molecule has 0 spiro atoms. The zero-order valence-corrected chi connectivity index (χ0v) is 20.3. The SMILES string of the molecule is CCC(C(=O)Nc1c(C)cccc1C)n1c(-c2ccc(-c3ccccc3)cc2)nc2ccccc21. The van der Waals surface area contributed by atoms with Crippen LogP contribution in [0.2, 0.25) is 0 Å². The molecule has 5 aromatic rings. The van der Waals surface area contributed by atoms with Gasteiger partial charge in [0, 0.05) is 11.3 Å². The van der Waals surface area contributed by atoms with Gasteiger partial charge >= 0.3 is 0 Å². The summed E-state index contributed by atoms with van der Waals surface area (Å²) in [5.74, 6) is 0.768. The molecule has 0 aliphatic carbocycles. The van der Waals surface area contributed by atoms with Gasteiger partial charge in [-0.1, -0.05) is 91.9 Å². The molecule has 4 aromatic carbocycles. The number of carbonyl (C=O) groups is 1. The van der Waals surface area contributed by atoms with E-state index in [4.69, 9.17) is 4.98 Å². The van der Waals surface area contributed by atoms with Crippen molar-refractivity contribution >= 4 is 22.6 Å². The average Bonchev–Trinajstić information content (AvgIpc) is 3.27. The minimum absolute atomic E-state index is 0.0322. The molecule has 35 heavy (non-hydrogen) atoms. The second kappa shape index (κ2) is 9.59. The number of rotatable bonds is 6. The summed E-state index contributed by atoms with van der Waals surface area (Å²) < 4.78 is 2.09. The fourth-order valence-corrected chi connectivity index (χ4v) is 4.71. The van der Waals surface area contributed by atoms with E-state index in [1.807, 2.05) is 81.4 Å². The van der Waals surface area contributed by atoms with Crippen molar-refractivity contribution in [1.29, 1.82) is 0 Å². The highest BCUT2D eigenvalue weighted by Crippen LogP contribution is 2.32. The van der Waals surface area contributed by atoms with Crippen LogP contribution >= 0.6 is 0 Å². The van der Waals surface area contributed by atoms with Crippen LogP contribution in [0.5, 0.6) is 0 Å². The number of para-hydroxylation sites is 3. The Bertz CT molecular complexity index is 1460. The Morgan fingerprint density at radius 1 is 0.771 bits per heavy atom. The van der Waals surface area contributed by atoms with Gasteiger partial charge in [-0.25, -0.2) is 4.98 Å². The van der Waals surface area contributed by atoms with Crippen LogP contribution in [0.3, 0.4) is 0 Å². The van der Waals surface area contributed by atoms with Crippen molar-refractivity contribution in [1.82, 2.24) is 9.55 Å².